The Labute approximate surface area is 163 Å². The smallest absolute Gasteiger partial charge is 0.124 e. The van der Waals surface area contributed by atoms with Crippen molar-refractivity contribution in [1.29, 1.82) is 0 Å². The first-order valence-corrected chi connectivity index (χ1v) is 9.98. The highest BCUT2D eigenvalue weighted by atomic mass is 79.9. The van der Waals surface area contributed by atoms with Crippen LogP contribution in [0.2, 0.25) is 5.02 Å². The predicted molar refractivity (Wildman–Crippen MR) is 108 cm³/mol. The molecule has 0 spiro atoms. The van der Waals surface area contributed by atoms with Gasteiger partial charge in [-0.3, -0.25) is 4.90 Å². The van der Waals surface area contributed by atoms with E-state index in [1.54, 1.807) is 0 Å². The summed E-state index contributed by atoms with van der Waals surface area (Å²) >= 11 is 9.76. The van der Waals surface area contributed by atoms with Gasteiger partial charge in [-0.1, -0.05) is 39.7 Å². The molecule has 0 amide bonds. The van der Waals surface area contributed by atoms with Gasteiger partial charge in [0, 0.05) is 34.7 Å². The van der Waals surface area contributed by atoms with Crippen LogP contribution in [0.15, 0.2) is 46.9 Å². The summed E-state index contributed by atoms with van der Waals surface area (Å²) < 4.78 is 7.02. The minimum atomic E-state index is 0.149. The molecule has 1 unspecified atom stereocenters. The zero-order valence-electron chi connectivity index (χ0n) is 14.5. The number of benzene rings is 2. The van der Waals surface area contributed by atoms with Crippen molar-refractivity contribution in [3.8, 4) is 5.75 Å². The van der Waals surface area contributed by atoms with Crippen LogP contribution in [0.1, 0.15) is 30.5 Å². The van der Waals surface area contributed by atoms with Gasteiger partial charge in [0.15, 0.2) is 0 Å². The molecule has 1 N–H and O–H groups in total. The monoisotopic (exact) mass is 422 g/mol. The van der Waals surface area contributed by atoms with Crippen LogP contribution in [-0.2, 0) is 0 Å². The van der Waals surface area contributed by atoms with E-state index in [-0.39, 0.29) is 6.04 Å². The SMILES string of the molecule is CCOc1ccc(Br)cc1C(c1ccc(Cl)cc1)N1CCCNCC1. The van der Waals surface area contributed by atoms with Crippen LogP contribution in [0, 0.1) is 0 Å². The van der Waals surface area contributed by atoms with Crippen molar-refractivity contribution in [3.05, 3.63) is 63.1 Å². The van der Waals surface area contributed by atoms with Crippen LogP contribution < -0.4 is 10.1 Å². The molecule has 3 nitrogen and oxygen atoms in total. The normalized spacial score (nSPS) is 17.1. The van der Waals surface area contributed by atoms with Gasteiger partial charge in [0.1, 0.15) is 5.75 Å². The fraction of sp³-hybridized carbons (Fsp3) is 0.400. The molecule has 0 bridgehead atoms. The van der Waals surface area contributed by atoms with Crippen molar-refractivity contribution < 1.29 is 4.74 Å². The lowest BCUT2D eigenvalue weighted by molar-refractivity contribution is 0.233. The highest BCUT2D eigenvalue weighted by Gasteiger charge is 2.26. The molecule has 0 radical (unpaired) electrons. The van der Waals surface area contributed by atoms with Crippen molar-refractivity contribution in [3.63, 3.8) is 0 Å². The average molecular weight is 424 g/mol. The van der Waals surface area contributed by atoms with Crippen LogP contribution in [0.3, 0.4) is 0 Å². The van der Waals surface area contributed by atoms with E-state index in [0.29, 0.717) is 6.61 Å². The molecule has 1 fully saturated rings. The maximum atomic E-state index is 6.12. The maximum absolute atomic E-state index is 6.12. The Hall–Kier alpha value is -1.07. The first kappa shape index (κ1) is 18.7. The predicted octanol–water partition coefficient (Wildman–Crippen LogP) is 4.89. The van der Waals surface area contributed by atoms with Crippen LogP contribution in [0.4, 0.5) is 0 Å². The molecule has 2 aromatic carbocycles. The molecule has 1 aliphatic heterocycles. The molecular weight excluding hydrogens is 400 g/mol. The van der Waals surface area contributed by atoms with Crippen molar-refractivity contribution in [2.24, 2.45) is 0 Å². The summed E-state index contributed by atoms with van der Waals surface area (Å²) in [5.74, 6) is 0.947. The summed E-state index contributed by atoms with van der Waals surface area (Å²) in [6.45, 7) is 6.81. The Bertz CT molecular complexity index is 685. The molecule has 0 saturated carbocycles. The molecule has 3 rings (SSSR count). The van der Waals surface area contributed by atoms with Crippen molar-refractivity contribution in [1.82, 2.24) is 10.2 Å². The quantitative estimate of drug-likeness (QED) is 0.741. The Morgan fingerprint density at radius 3 is 2.72 bits per heavy atom. The number of ether oxygens (including phenoxy) is 1. The second-order valence-electron chi connectivity index (χ2n) is 6.21. The van der Waals surface area contributed by atoms with E-state index >= 15 is 0 Å². The summed E-state index contributed by atoms with van der Waals surface area (Å²) in [6, 6.07) is 14.6. The molecule has 1 atom stereocenters. The van der Waals surface area contributed by atoms with Crippen molar-refractivity contribution >= 4 is 27.5 Å². The van der Waals surface area contributed by atoms with E-state index < -0.39 is 0 Å². The first-order valence-electron chi connectivity index (χ1n) is 8.81. The number of rotatable bonds is 5. The summed E-state index contributed by atoms with van der Waals surface area (Å²) in [6.07, 6.45) is 1.14. The van der Waals surface area contributed by atoms with Gasteiger partial charge in [-0.2, -0.15) is 0 Å². The summed E-state index contributed by atoms with van der Waals surface area (Å²) in [7, 11) is 0. The molecule has 1 aliphatic rings. The third-order valence-corrected chi connectivity index (χ3v) is 5.24. The Kier molecular flexibility index (Phi) is 6.77. The minimum absolute atomic E-state index is 0.149. The van der Waals surface area contributed by atoms with E-state index in [4.69, 9.17) is 16.3 Å². The van der Waals surface area contributed by atoms with Crippen LogP contribution in [0.25, 0.3) is 0 Å². The summed E-state index contributed by atoms with van der Waals surface area (Å²) in [5.41, 5.74) is 2.44. The third-order valence-electron chi connectivity index (χ3n) is 4.49. The minimum Gasteiger partial charge on any atom is -0.494 e. The molecule has 1 saturated heterocycles. The molecule has 5 heteroatoms. The molecule has 134 valence electrons. The first-order chi connectivity index (χ1) is 12.2. The van der Waals surface area contributed by atoms with Crippen molar-refractivity contribution in [2.45, 2.75) is 19.4 Å². The van der Waals surface area contributed by atoms with E-state index in [1.165, 1.54) is 11.1 Å². The number of nitrogens with zero attached hydrogens (tertiary/aromatic N) is 1. The Morgan fingerprint density at radius 2 is 1.96 bits per heavy atom. The molecule has 25 heavy (non-hydrogen) atoms. The van der Waals surface area contributed by atoms with Crippen LogP contribution >= 0.6 is 27.5 Å². The lowest BCUT2D eigenvalue weighted by atomic mass is 9.96. The fourth-order valence-electron chi connectivity index (χ4n) is 3.38. The third kappa shape index (κ3) is 4.76. The van der Waals surface area contributed by atoms with Gasteiger partial charge in [-0.05, 0) is 55.8 Å². The average Bonchev–Trinajstić information content (AvgIpc) is 2.89. The second kappa shape index (κ2) is 9.04. The lowest BCUT2D eigenvalue weighted by Crippen LogP contribution is -2.33. The van der Waals surface area contributed by atoms with Gasteiger partial charge in [0.25, 0.3) is 0 Å². The molecule has 0 aliphatic carbocycles. The molecular formula is C20H24BrClN2O. The second-order valence-corrected chi connectivity index (χ2v) is 7.56. The van der Waals surface area contributed by atoms with Gasteiger partial charge < -0.3 is 10.1 Å². The van der Waals surface area contributed by atoms with Gasteiger partial charge in [0.05, 0.1) is 12.6 Å². The van der Waals surface area contributed by atoms with Crippen LogP contribution in [0.5, 0.6) is 5.75 Å². The molecule has 2 aromatic rings. The number of halogens is 2. The largest absolute Gasteiger partial charge is 0.494 e. The maximum Gasteiger partial charge on any atom is 0.124 e. The summed E-state index contributed by atoms with van der Waals surface area (Å²) in [5, 5.41) is 4.26. The van der Waals surface area contributed by atoms with Crippen LogP contribution in [-0.4, -0.2) is 37.7 Å². The Balaban J connectivity index is 2.06. The van der Waals surface area contributed by atoms with Gasteiger partial charge in [-0.25, -0.2) is 0 Å². The number of hydrogen-bond acceptors (Lipinski definition) is 3. The highest BCUT2D eigenvalue weighted by molar-refractivity contribution is 9.10. The topological polar surface area (TPSA) is 24.5 Å². The van der Waals surface area contributed by atoms with E-state index in [2.05, 4.69) is 50.4 Å². The van der Waals surface area contributed by atoms with E-state index in [1.807, 2.05) is 25.1 Å². The Morgan fingerprint density at radius 1 is 1.16 bits per heavy atom. The van der Waals surface area contributed by atoms with Crippen molar-refractivity contribution in [2.75, 3.05) is 32.8 Å². The van der Waals surface area contributed by atoms with E-state index in [9.17, 15) is 0 Å². The van der Waals surface area contributed by atoms with Gasteiger partial charge in [0.2, 0.25) is 0 Å². The van der Waals surface area contributed by atoms with Gasteiger partial charge >= 0.3 is 0 Å². The molecule has 1 heterocycles. The highest BCUT2D eigenvalue weighted by Crippen LogP contribution is 2.37. The standard InChI is InChI=1S/C20H24BrClN2O/c1-2-25-19-9-6-16(21)14-18(19)20(15-4-7-17(22)8-5-15)24-12-3-10-23-11-13-24/h4-9,14,20,23H,2-3,10-13H2,1H3. The number of hydrogen-bond donors (Lipinski definition) is 1. The zero-order valence-corrected chi connectivity index (χ0v) is 16.8. The summed E-state index contributed by atoms with van der Waals surface area (Å²) in [4.78, 5) is 2.54. The lowest BCUT2D eigenvalue weighted by Gasteiger charge is -2.32. The fourth-order valence-corrected chi connectivity index (χ4v) is 3.88. The van der Waals surface area contributed by atoms with Gasteiger partial charge in [-0.15, -0.1) is 0 Å². The molecule has 0 aromatic heterocycles. The number of nitrogens with one attached hydrogen (secondary N) is 1. The zero-order chi connectivity index (χ0) is 17.6. The van der Waals surface area contributed by atoms with E-state index in [0.717, 1.165) is 47.8 Å².